The number of aryl methyl sites for hydroxylation is 2. The third kappa shape index (κ3) is 3.46. The van der Waals surface area contributed by atoms with Crippen molar-refractivity contribution in [3.63, 3.8) is 0 Å². The first-order valence-electron chi connectivity index (χ1n) is 8.97. The van der Waals surface area contributed by atoms with Crippen molar-refractivity contribution in [2.75, 3.05) is 0 Å². The molecule has 4 rings (SSSR count). The third-order valence-electron chi connectivity index (χ3n) is 4.73. The second kappa shape index (κ2) is 7.40. The number of aromatic amines is 1. The van der Waals surface area contributed by atoms with Crippen LogP contribution >= 0.6 is 11.3 Å². The number of hydrogen-bond donors (Lipinski definition) is 2. The molecule has 0 radical (unpaired) electrons. The van der Waals surface area contributed by atoms with Crippen molar-refractivity contribution < 1.29 is 4.79 Å². The van der Waals surface area contributed by atoms with Gasteiger partial charge in [-0.05, 0) is 54.8 Å². The zero-order valence-electron chi connectivity index (χ0n) is 15.7. The van der Waals surface area contributed by atoms with E-state index in [0.717, 1.165) is 32.4 Å². The van der Waals surface area contributed by atoms with Gasteiger partial charge in [0.1, 0.15) is 5.01 Å². The summed E-state index contributed by atoms with van der Waals surface area (Å²) in [5.41, 5.74) is 5.91. The van der Waals surface area contributed by atoms with Gasteiger partial charge in [0.05, 0.1) is 12.2 Å². The van der Waals surface area contributed by atoms with E-state index in [0.29, 0.717) is 12.1 Å². The summed E-state index contributed by atoms with van der Waals surface area (Å²) in [6, 6.07) is 13.8. The van der Waals surface area contributed by atoms with Gasteiger partial charge in [0.2, 0.25) is 0 Å². The van der Waals surface area contributed by atoms with Gasteiger partial charge in [-0.1, -0.05) is 42.2 Å². The summed E-state index contributed by atoms with van der Waals surface area (Å²) in [6.07, 6.45) is 1.78. The molecule has 0 aliphatic carbocycles. The number of carbonyl (C=O) groups is 1. The maximum absolute atomic E-state index is 12.4. The maximum atomic E-state index is 12.4. The Labute approximate surface area is 167 Å². The Hall–Kier alpha value is -3.25. The van der Waals surface area contributed by atoms with E-state index in [2.05, 4.69) is 46.1 Å². The van der Waals surface area contributed by atoms with Gasteiger partial charge in [-0.25, -0.2) is 0 Å². The van der Waals surface area contributed by atoms with Crippen LogP contribution in [0.5, 0.6) is 0 Å². The fourth-order valence-corrected chi connectivity index (χ4v) is 3.91. The van der Waals surface area contributed by atoms with E-state index >= 15 is 0 Å². The van der Waals surface area contributed by atoms with Crippen LogP contribution in [-0.4, -0.2) is 21.1 Å². The van der Waals surface area contributed by atoms with Gasteiger partial charge in [0.25, 0.3) is 5.91 Å². The molecule has 0 saturated heterocycles. The van der Waals surface area contributed by atoms with Crippen molar-refractivity contribution in [1.82, 2.24) is 20.5 Å². The fourth-order valence-electron chi connectivity index (χ4n) is 3.16. The molecule has 2 aromatic heterocycles. The zero-order valence-corrected chi connectivity index (χ0v) is 16.6. The minimum Gasteiger partial charge on any atom is -0.353 e. The number of carbonyl (C=O) groups excluding carboxylic acids is 1. The monoisotopic (exact) mass is 388 g/mol. The molecular weight excluding hydrogens is 368 g/mol. The topological polar surface area (TPSA) is 70.7 Å². The van der Waals surface area contributed by atoms with Crippen molar-refractivity contribution in [3.05, 3.63) is 76.3 Å². The minimum absolute atomic E-state index is 0.128. The second-order valence-electron chi connectivity index (χ2n) is 6.68. The summed E-state index contributed by atoms with van der Waals surface area (Å²) in [7, 11) is 0. The number of benzene rings is 2. The predicted molar refractivity (Wildman–Crippen MR) is 114 cm³/mol. The molecule has 28 heavy (non-hydrogen) atoms. The van der Waals surface area contributed by atoms with Crippen LogP contribution < -0.4 is 5.32 Å². The predicted octanol–water partition coefficient (Wildman–Crippen LogP) is 4.88. The molecule has 0 bridgehead atoms. The van der Waals surface area contributed by atoms with Crippen molar-refractivity contribution >= 4 is 34.2 Å². The average Bonchev–Trinajstić information content (AvgIpc) is 3.33. The Morgan fingerprint density at radius 1 is 1.18 bits per heavy atom. The summed E-state index contributed by atoms with van der Waals surface area (Å²) < 4.78 is 0. The zero-order chi connectivity index (χ0) is 19.7. The van der Waals surface area contributed by atoms with Gasteiger partial charge in [-0.3, -0.25) is 4.79 Å². The van der Waals surface area contributed by atoms with Crippen molar-refractivity contribution in [2.45, 2.75) is 20.4 Å². The molecule has 140 valence electrons. The molecule has 2 aromatic carbocycles. The summed E-state index contributed by atoms with van der Waals surface area (Å²) in [4.78, 5) is 15.8. The lowest BCUT2D eigenvalue weighted by molar-refractivity contribution is 0.0950. The maximum Gasteiger partial charge on any atom is 0.251 e. The van der Waals surface area contributed by atoms with E-state index in [4.69, 9.17) is 0 Å². The lowest BCUT2D eigenvalue weighted by Gasteiger charge is -2.06. The van der Waals surface area contributed by atoms with Gasteiger partial charge in [0, 0.05) is 16.5 Å². The minimum atomic E-state index is -0.128. The van der Waals surface area contributed by atoms with E-state index < -0.39 is 0 Å². The van der Waals surface area contributed by atoms with Gasteiger partial charge < -0.3 is 10.3 Å². The molecule has 5 nitrogen and oxygen atoms in total. The first-order chi connectivity index (χ1) is 13.5. The van der Waals surface area contributed by atoms with Crippen LogP contribution in [0.4, 0.5) is 0 Å². The smallest absolute Gasteiger partial charge is 0.251 e. The molecule has 0 aliphatic heterocycles. The molecule has 0 unspecified atom stereocenters. The van der Waals surface area contributed by atoms with Crippen LogP contribution in [0.2, 0.25) is 0 Å². The molecule has 2 heterocycles. The van der Waals surface area contributed by atoms with Crippen LogP contribution in [0.25, 0.3) is 27.7 Å². The highest BCUT2D eigenvalue weighted by Crippen LogP contribution is 2.28. The van der Waals surface area contributed by atoms with E-state index in [1.54, 1.807) is 12.1 Å². The number of fused-ring (bicyclic) bond motifs is 1. The molecular formula is C22H20N4OS. The Morgan fingerprint density at radius 3 is 2.79 bits per heavy atom. The molecule has 6 heteroatoms. The summed E-state index contributed by atoms with van der Waals surface area (Å²) in [5.74, 6) is -0.128. The van der Waals surface area contributed by atoms with Crippen LogP contribution in [0.15, 0.2) is 49.0 Å². The van der Waals surface area contributed by atoms with Crippen molar-refractivity contribution in [1.29, 1.82) is 0 Å². The van der Waals surface area contributed by atoms with E-state index in [-0.39, 0.29) is 5.91 Å². The SMILES string of the molecule is C=Cc1ccc(C(=O)NCc2nnc(-c3cc4c(C)cccc4[nH]3)s2)cc1C. The number of nitrogens with one attached hydrogen (secondary N) is 2. The highest BCUT2D eigenvalue weighted by Gasteiger charge is 2.12. The molecule has 0 spiro atoms. The number of rotatable bonds is 5. The number of amides is 1. The molecule has 2 N–H and O–H groups in total. The molecule has 0 aliphatic rings. The number of nitrogens with zero attached hydrogens (tertiary/aromatic N) is 2. The molecule has 0 atom stereocenters. The van der Waals surface area contributed by atoms with E-state index in [9.17, 15) is 4.79 Å². The van der Waals surface area contributed by atoms with E-state index in [1.807, 2.05) is 31.2 Å². The second-order valence-corrected chi connectivity index (χ2v) is 7.74. The third-order valence-corrected chi connectivity index (χ3v) is 5.69. The summed E-state index contributed by atoms with van der Waals surface area (Å²) in [5, 5.41) is 14.2. The Bertz CT molecular complexity index is 1190. The standard InChI is InChI=1S/C22H20N4OS/c1-4-15-8-9-16(10-14(15)3)21(27)23-12-20-25-26-22(28-20)19-11-17-13(2)6-5-7-18(17)24-19/h4-11,24H,1,12H2,2-3H3,(H,23,27). The molecule has 0 saturated carbocycles. The Kier molecular flexibility index (Phi) is 4.79. The van der Waals surface area contributed by atoms with Crippen LogP contribution in [0, 0.1) is 13.8 Å². The normalized spacial score (nSPS) is 10.9. The molecule has 1 amide bonds. The highest BCUT2D eigenvalue weighted by atomic mass is 32.1. The van der Waals surface area contributed by atoms with Gasteiger partial charge >= 0.3 is 0 Å². The van der Waals surface area contributed by atoms with Crippen molar-refractivity contribution in [2.24, 2.45) is 0 Å². The van der Waals surface area contributed by atoms with Gasteiger partial charge in [-0.15, -0.1) is 10.2 Å². The lowest BCUT2D eigenvalue weighted by atomic mass is 10.0. The van der Waals surface area contributed by atoms with E-state index in [1.165, 1.54) is 22.3 Å². The molecule has 4 aromatic rings. The summed E-state index contributed by atoms with van der Waals surface area (Å²) in [6.45, 7) is 8.17. The quantitative estimate of drug-likeness (QED) is 0.512. The van der Waals surface area contributed by atoms with Crippen molar-refractivity contribution in [3.8, 4) is 10.7 Å². The van der Waals surface area contributed by atoms with Crippen LogP contribution in [-0.2, 0) is 6.54 Å². The molecule has 0 fully saturated rings. The largest absolute Gasteiger partial charge is 0.353 e. The first-order valence-corrected chi connectivity index (χ1v) is 9.79. The number of H-pyrrole nitrogens is 1. The Morgan fingerprint density at radius 2 is 2.04 bits per heavy atom. The fraction of sp³-hybridized carbons (Fsp3) is 0.136. The number of aromatic nitrogens is 3. The first kappa shape index (κ1) is 18.1. The van der Waals surface area contributed by atoms with Crippen LogP contribution in [0.1, 0.15) is 32.1 Å². The Balaban J connectivity index is 1.47. The number of hydrogen-bond acceptors (Lipinski definition) is 4. The summed E-state index contributed by atoms with van der Waals surface area (Å²) >= 11 is 1.47. The van der Waals surface area contributed by atoms with Gasteiger partial charge in [0.15, 0.2) is 5.01 Å². The van der Waals surface area contributed by atoms with Gasteiger partial charge in [-0.2, -0.15) is 0 Å². The van der Waals surface area contributed by atoms with Crippen LogP contribution in [0.3, 0.4) is 0 Å². The lowest BCUT2D eigenvalue weighted by Crippen LogP contribution is -2.22. The highest BCUT2D eigenvalue weighted by molar-refractivity contribution is 7.14. The average molecular weight is 388 g/mol.